The van der Waals surface area contributed by atoms with Crippen LogP contribution in [-0.4, -0.2) is 51.6 Å². The van der Waals surface area contributed by atoms with Crippen molar-refractivity contribution < 1.29 is 24.7 Å². The summed E-state index contributed by atoms with van der Waals surface area (Å²) in [5, 5.41) is 40.9. The Kier molecular flexibility index (Phi) is 7.75. The van der Waals surface area contributed by atoms with Crippen LogP contribution in [0.5, 0.6) is 11.5 Å². The lowest BCUT2D eigenvalue weighted by atomic mass is 10.1. The molecular weight excluding hydrogens is 416 g/mol. The molecular formula is C22H20N4O6. The number of phenolic OH excluding ortho intramolecular Hbond substituents is 1. The number of hydrogen-bond acceptors (Lipinski definition) is 8. The average molecular weight is 436 g/mol. The number of benzene rings is 1. The molecule has 0 aliphatic rings. The molecule has 0 bridgehead atoms. The van der Waals surface area contributed by atoms with E-state index in [-0.39, 0.29) is 23.8 Å². The minimum absolute atomic E-state index is 0.0342. The monoisotopic (exact) mass is 436 g/mol. The van der Waals surface area contributed by atoms with Crippen molar-refractivity contribution in [2.45, 2.75) is 12.8 Å². The summed E-state index contributed by atoms with van der Waals surface area (Å²) in [6.45, 7) is 1.82. The quantitative estimate of drug-likeness (QED) is 0.175. The first-order valence-electron chi connectivity index (χ1n) is 9.25. The van der Waals surface area contributed by atoms with Gasteiger partial charge in [0, 0.05) is 24.9 Å². The van der Waals surface area contributed by atoms with Gasteiger partial charge in [0.25, 0.3) is 5.91 Å². The van der Waals surface area contributed by atoms with Gasteiger partial charge >= 0.3 is 5.69 Å². The molecule has 1 amide bonds. The van der Waals surface area contributed by atoms with E-state index in [1.807, 2.05) is 19.1 Å². The average Bonchev–Trinajstić information content (AvgIpc) is 2.79. The van der Waals surface area contributed by atoms with Crippen LogP contribution in [-0.2, 0) is 4.79 Å². The number of carbonyl (C=O) groups is 1. The van der Waals surface area contributed by atoms with Crippen LogP contribution in [0, 0.1) is 33.3 Å². The highest BCUT2D eigenvalue weighted by molar-refractivity contribution is 6.03. The van der Waals surface area contributed by atoms with Gasteiger partial charge in [-0.1, -0.05) is 17.9 Å². The summed E-state index contributed by atoms with van der Waals surface area (Å²) >= 11 is 0. The van der Waals surface area contributed by atoms with E-state index in [2.05, 4.69) is 16.8 Å². The Morgan fingerprint density at radius 1 is 1.41 bits per heavy atom. The van der Waals surface area contributed by atoms with E-state index in [1.165, 1.54) is 7.05 Å². The standard InChI is InChI=1S/C22H20N4O6/c1-14(17-8-4-5-9-24-17)7-6-10-25(2)22(29)16(13-23)20(27)15-11-18(26(30)31)21(28)19(12-15)32-3/h4-5,8-9,11-12,14,27-28H,10H2,1-3H3/b20-16-. The molecule has 1 aromatic carbocycles. The van der Waals surface area contributed by atoms with Gasteiger partial charge in [0.05, 0.1) is 30.2 Å². The molecule has 164 valence electrons. The van der Waals surface area contributed by atoms with Gasteiger partial charge in [-0.25, -0.2) is 0 Å². The molecule has 10 heteroatoms. The molecule has 2 aromatic rings. The zero-order valence-corrected chi connectivity index (χ0v) is 17.6. The molecule has 32 heavy (non-hydrogen) atoms. The number of nitro groups is 1. The second-order valence-electron chi connectivity index (χ2n) is 6.60. The fourth-order valence-corrected chi connectivity index (χ4v) is 2.66. The van der Waals surface area contributed by atoms with Crippen LogP contribution in [0.4, 0.5) is 5.69 Å². The number of methoxy groups -OCH3 is 1. The van der Waals surface area contributed by atoms with Crippen molar-refractivity contribution in [1.29, 1.82) is 5.26 Å². The van der Waals surface area contributed by atoms with Crippen LogP contribution in [0.3, 0.4) is 0 Å². The van der Waals surface area contributed by atoms with Crippen LogP contribution in [0.25, 0.3) is 5.76 Å². The van der Waals surface area contributed by atoms with Crippen molar-refractivity contribution in [1.82, 2.24) is 9.88 Å². The molecule has 1 atom stereocenters. The molecule has 0 aliphatic heterocycles. The lowest BCUT2D eigenvalue weighted by Crippen LogP contribution is -2.28. The molecule has 0 fully saturated rings. The summed E-state index contributed by atoms with van der Waals surface area (Å²) in [6.07, 6.45) is 1.65. The summed E-state index contributed by atoms with van der Waals surface area (Å²) in [5.74, 6) is 2.95. The number of pyridine rings is 1. The Balaban J connectivity index is 2.30. The van der Waals surface area contributed by atoms with Gasteiger partial charge in [-0.05, 0) is 25.1 Å². The molecule has 0 radical (unpaired) electrons. The highest BCUT2D eigenvalue weighted by atomic mass is 16.6. The summed E-state index contributed by atoms with van der Waals surface area (Å²) < 4.78 is 4.87. The van der Waals surface area contributed by atoms with Crippen LogP contribution in [0.2, 0.25) is 0 Å². The lowest BCUT2D eigenvalue weighted by Gasteiger charge is -2.14. The van der Waals surface area contributed by atoms with E-state index in [0.29, 0.717) is 0 Å². The minimum Gasteiger partial charge on any atom is -0.506 e. The molecule has 2 N–H and O–H groups in total. The third-order valence-corrected chi connectivity index (χ3v) is 4.42. The van der Waals surface area contributed by atoms with E-state index < -0.39 is 33.6 Å². The predicted octanol–water partition coefficient (Wildman–Crippen LogP) is 2.76. The van der Waals surface area contributed by atoms with Crippen LogP contribution < -0.4 is 4.74 Å². The van der Waals surface area contributed by atoms with Crippen molar-refractivity contribution >= 4 is 17.4 Å². The number of amides is 1. The molecule has 0 saturated carbocycles. The smallest absolute Gasteiger partial charge is 0.315 e. The maximum Gasteiger partial charge on any atom is 0.315 e. The van der Waals surface area contributed by atoms with Crippen molar-refractivity contribution in [2.75, 3.05) is 20.7 Å². The summed E-state index contributed by atoms with van der Waals surface area (Å²) in [7, 11) is 2.56. The van der Waals surface area contributed by atoms with E-state index in [1.54, 1.807) is 18.3 Å². The Morgan fingerprint density at radius 2 is 2.12 bits per heavy atom. The normalized spacial score (nSPS) is 11.8. The first-order valence-corrected chi connectivity index (χ1v) is 9.25. The van der Waals surface area contributed by atoms with Crippen molar-refractivity contribution in [2.24, 2.45) is 0 Å². The molecule has 0 aliphatic carbocycles. The number of aliphatic hydroxyl groups is 1. The van der Waals surface area contributed by atoms with Crippen molar-refractivity contribution in [3.63, 3.8) is 0 Å². The maximum atomic E-state index is 12.7. The van der Waals surface area contributed by atoms with Gasteiger partial charge in [0.1, 0.15) is 11.8 Å². The zero-order valence-electron chi connectivity index (χ0n) is 17.6. The fraction of sp³-hybridized carbons (Fsp3) is 0.227. The minimum atomic E-state index is -0.882. The highest BCUT2D eigenvalue weighted by Gasteiger charge is 2.25. The van der Waals surface area contributed by atoms with Gasteiger partial charge in [0.2, 0.25) is 5.75 Å². The topological polar surface area (TPSA) is 150 Å². The Labute approximate surface area is 184 Å². The number of aromatic nitrogens is 1. The molecule has 2 rings (SSSR count). The largest absolute Gasteiger partial charge is 0.506 e. The summed E-state index contributed by atoms with van der Waals surface area (Å²) in [4.78, 5) is 28.3. The Morgan fingerprint density at radius 3 is 2.69 bits per heavy atom. The highest BCUT2D eigenvalue weighted by Crippen LogP contribution is 2.38. The summed E-state index contributed by atoms with van der Waals surface area (Å²) in [6, 6.07) is 8.99. The lowest BCUT2D eigenvalue weighted by molar-refractivity contribution is -0.386. The van der Waals surface area contributed by atoms with E-state index in [0.717, 1.165) is 29.8 Å². The second-order valence-corrected chi connectivity index (χ2v) is 6.60. The van der Waals surface area contributed by atoms with Gasteiger partial charge in [-0.3, -0.25) is 19.9 Å². The van der Waals surface area contributed by atoms with Gasteiger partial charge < -0.3 is 19.8 Å². The number of likely N-dealkylation sites (N-methyl/N-ethyl adjacent to an activating group) is 1. The molecule has 1 aromatic heterocycles. The van der Waals surface area contributed by atoms with Gasteiger partial charge in [-0.2, -0.15) is 5.26 Å². The van der Waals surface area contributed by atoms with Crippen LogP contribution in [0.1, 0.15) is 24.1 Å². The van der Waals surface area contributed by atoms with E-state index >= 15 is 0 Å². The molecule has 1 unspecified atom stereocenters. The van der Waals surface area contributed by atoms with Crippen molar-refractivity contribution in [3.8, 4) is 29.4 Å². The van der Waals surface area contributed by atoms with E-state index in [9.17, 15) is 30.4 Å². The molecule has 10 nitrogen and oxygen atoms in total. The number of aromatic hydroxyl groups is 1. The number of phenols is 1. The number of rotatable bonds is 6. The fourth-order valence-electron chi connectivity index (χ4n) is 2.66. The number of nitro benzene ring substituents is 1. The summed E-state index contributed by atoms with van der Waals surface area (Å²) in [5.41, 5.74) is -0.862. The third-order valence-electron chi connectivity index (χ3n) is 4.42. The van der Waals surface area contributed by atoms with E-state index in [4.69, 9.17) is 4.74 Å². The molecule has 0 spiro atoms. The number of carbonyl (C=O) groups excluding carboxylic acids is 1. The first kappa shape index (κ1) is 23.7. The third kappa shape index (κ3) is 5.32. The second kappa shape index (κ2) is 10.5. The first-order chi connectivity index (χ1) is 15.2. The Hall–Kier alpha value is -4.57. The SMILES string of the molecule is COc1cc(/C(O)=C(\C#N)C(=O)N(C)CC#CC(C)c2ccccn2)cc([N+](=O)[O-])c1O. The number of hydrogen-bond donors (Lipinski definition) is 2. The van der Waals surface area contributed by atoms with Gasteiger partial charge in [0.15, 0.2) is 11.3 Å². The van der Waals surface area contributed by atoms with Crippen molar-refractivity contribution in [3.05, 3.63) is 63.5 Å². The molecule has 0 saturated heterocycles. The van der Waals surface area contributed by atoms with Gasteiger partial charge in [-0.15, -0.1) is 0 Å². The predicted molar refractivity (Wildman–Crippen MR) is 115 cm³/mol. The number of nitrogens with zero attached hydrogens (tertiary/aromatic N) is 4. The van der Waals surface area contributed by atoms with Crippen LogP contribution >= 0.6 is 0 Å². The number of nitriles is 1. The number of aliphatic hydroxyl groups excluding tert-OH is 1. The number of ether oxygens (including phenoxy) is 1. The zero-order chi connectivity index (χ0) is 23.8. The Bertz CT molecular complexity index is 1160. The van der Waals surface area contributed by atoms with Crippen LogP contribution in [0.15, 0.2) is 42.1 Å². The maximum absolute atomic E-state index is 12.7. The molecule has 1 heterocycles.